The first-order valence-corrected chi connectivity index (χ1v) is 10.2. The molecule has 2 unspecified atom stereocenters. The molecule has 3 rings (SSSR count). The minimum absolute atomic E-state index is 0.163. The van der Waals surface area contributed by atoms with Crippen LogP contribution in [0, 0.1) is 0 Å². The average Bonchev–Trinajstić information content (AvgIpc) is 2.77. The number of halogens is 2. The smallest absolute Gasteiger partial charge is 0.410 e. The van der Waals surface area contributed by atoms with E-state index < -0.39 is 24.1 Å². The second kappa shape index (κ2) is 9.87. The molecule has 0 spiro atoms. The Kier molecular flexibility index (Phi) is 7.22. The van der Waals surface area contributed by atoms with Gasteiger partial charge in [0.1, 0.15) is 6.10 Å². The number of aliphatic hydroxyl groups excluding tert-OH is 1. The summed E-state index contributed by atoms with van der Waals surface area (Å²) < 4.78 is 34.2. The first-order chi connectivity index (χ1) is 14.8. The van der Waals surface area contributed by atoms with Crippen molar-refractivity contribution in [2.75, 3.05) is 13.2 Å². The van der Waals surface area contributed by atoms with E-state index >= 15 is 0 Å². The van der Waals surface area contributed by atoms with Crippen LogP contribution in [0.4, 0.5) is 13.6 Å². The van der Waals surface area contributed by atoms with Crippen molar-refractivity contribution in [2.45, 2.75) is 43.8 Å². The van der Waals surface area contributed by atoms with E-state index in [2.05, 4.69) is 0 Å². The topological polar surface area (TPSA) is 87.1 Å². The predicted octanol–water partition coefficient (Wildman–Crippen LogP) is 4.07. The molecule has 1 heterocycles. The monoisotopic (exact) mass is 433 g/mol. The third-order valence-electron chi connectivity index (χ3n) is 5.54. The fraction of sp³-hybridized carbons (Fsp3) is 0.391. The molecular formula is C23H25F2NO5. The summed E-state index contributed by atoms with van der Waals surface area (Å²) >= 11 is 0. The van der Waals surface area contributed by atoms with Crippen LogP contribution >= 0.6 is 0 Å². The zero-order valence-electron chi connectivity index (χ0n) is 16.9. The predicted molar refractivity (Wildman–Crippen MR) is 109 cm³/mol. The van der Waals surface area contributed by atoms with Gasteiger partial charge >= 0.3 is 12.1 Å². The van der Waals surface area contributed by atoms with Gasteiger partial charge in [-0.1, -0.05) is 42.5 Å². The molecule has 1 aliphatic rings. The first kappa shape index (κ1) is 22.7. The SMILES string of the molecule is O=C(O)c1ccc(CCN2C(=O)OCCC2CCC(O)C(F)(F)c2ccccc2)cc1. The fourth-order valence-electron chi connectivity index (χ4n) is 3.69. The highest BCUT2D eigenvalue weighted by Gasteiger charge is 2.41. The number of rotatable bonds is 9. The van der Waals surface area contributed by atoms with E-state index in [-0.39, 0.29) is 36.6 Å². The molecule has 0 bridgehead atoms. The van der Waals surface area contributed by atoms with Crippen LogP contribution < -0.4 is 0 Å². The minimum atomic E-state index is -3.38. The lowest BCUT2D eigenvalue weighted by atomic mass is 9.96. The number of ether oxygens (including phenoxy) is 1. The zero-order chi connectivity index (χ0) is 22.4. The number of amides is 1. The summed E-state index contributed by atoms with van der Waals surface area (Å²) in [4.78, 5) is 24.7. The first-order valence-electron chi connectivity index (χ1n) is 10.2. The summed E-state index contributed by atoms with van der Waals surface area (Å²) in [6.07, 6.45) is -1.36. The van der Waals surface area contributed by atoms with E-state index in [0.29, 0.717) is 19.4 Å². The molecule has 0 saturated carbocycles. The molecule has 2 N–H and O–H groups in total. The Balaban J connectivity index is 1.60. The van der Waals surface area contributed by atoms with Crippen LogP contribution in [-0.4, -0.2) is 52.5 Å². The Morgan fingerprint density at radius 2 is 1.84 bits per heavy atom. The van der Waals surface area contributed by atoms with Gasteiger partial charge in [0.2, 0.25) is 0 Å². The van der Waals surface area contributed by atoms with Gasteiger partial charge in [0.25, 0.3) is 5.92 Å². The molecule has 1 saturated heterocycles. The van der Waals surface area contributed by atoms with E-state index in [1.807, 2.05) is 0 Å². The van der Waals surface area contributed by atoms with Gasteiger partial charge in [-0.15, -0.1) is 0 Å². The Bertz CT molecular complexity index is 889. The number of hydrogen-bond acceptors (Lipinski definition) is 4. The van der Waals surface area contributed by atoms with E-state index in [9.17, 15) is 23.5 Å². The quantitative estimate of drug-likeness (QED) is 0.623. The maximum absolute atomic E-state index is 14.5. The maximum atomic E-state index is 14.5. The van der Waals surface area contributed by atoms with Gasteiger partial charge in [-0.05, 0) is 37.0 Å². The van der Waals surface area contributed by atoms with Gasteiger partial charge in [-0.2, -0.15) is 8.78 Å². The van der Waals surface area contributed by atoms with Crippen molar-refractivity contribution in [3.63, 3.8) is 0 Å². The van der Waals surface area contributed by atoms with Crippen LogP contribution in [0.3, 0.4) is 0 Å². The number of hydrogen-bond donors (Lipinski definition) is 2. The number of carboxylic acid groups (broad SMARTS) is 1. The molecule has 2 atom stereocenters. The second-order valence-electron chi connectivity index (χ2n) is 7.58. The van der Waals surface area contributed by atoms with Crippen molar-refractivity contribution in [3.8, 4) is 0 Å². The van der Waals surface area contributed by atoms with Gasteiger partial charge in [0.15, 0.2) is 0 Å². The number of carboxylic acids is 1. The largest absolute Gasteiger partial charge is 0.478 e. The van der Waals surface area contributed by atoms with Crippen molar-refractivity contribution < 1.29 is 33.3 Å². The minimum Gasteiger partial charge on any atom is -0.478 e. The molecule has 31 heavy (non-hydrogen) atoms. The summed E-state index contributed by atoms with van der Waals surface area (Å²) in [5.74, 6) is -4.40. The molecule has 2 aromatic carbocycles. The lowest BCUT2D eigenvalue weighted by Gasteiger charge is -2.36. The normalized spacial score (nSPS) is 17.8. The van der Waals surface area contributed by atoms with Crippen molar-refractivity contribution in [1.82, 2.24) is 4.90 Å². The van der Waals surface area contributed by atoms with Gasteiger partial charge < -0.3 is 19.8 Å². The van der Waals surface area contributed by atoms with Gasteiger partial charge in [-0.3, -0.25) is 0 Å². The summed E-state index contributed by atoms with van der Waals surface area (Å²) in [6, 6.07) is 13.2. The molecule has 1 aliphatic heterocycles. The molecule has 166 valence electrons. The standard InChI is InChI=1S/C23H25F2NO5/c24-23(25,18-4-2-1-3-5-18)20(27)11-10-19-13-15-31-22(30)26(19)14-12-16-6-8-17(9-7-16)21(28)29/h1-9,19-20,27H,10-15H2,(H,28,29). The van der Waals surface area contributed by atoms with Crippen LogP contribution in [-0.2, 0) is 17.1 Å². The van der Waals surface area contributed by atoms with E-state index in [1.165, 1.54) is 41.3 Å². The molecule has 0 aliphatic carbocycles. The molecule has 0 radical (unpaired) electrons. The Hall–Kier alpha value is -3.00. The van der Waals surface area contributed by atoms with Gasteiger partial charge in [0.05, 0.1) is 12.2 Å². The van der Waals surface area contributed by atoms with Crippen LogP contribution in [0.2, 0.25) is 0 Å². The molecule has 0 aromatic heterocycles. The number of nitrogens with zero attached hydrogens (tertiary/aromatic N) is 1. The van der Waals surface area contributed by atoms with E-state index in [0.717, 1.165) is 5.56 Å². The number of benzene rings is 2. The number of carbonyl (C=O) groups excluding carboxylic acids is 1. The van der Waals surface area contributed by atoms with Crippen molar-refractivity contribution in [1.29, 1.82) is 0 Å². The summed E-state index contributed by atoms with van der Waals surface area (Å²) in [6.45, 7) is 0.513. The van der Waals surface area contributed by atoms with Crippen molar-refractivity contribution in [2.24, 2.45) is 0 Å². The summed E-state index contributed by atoms with van der Waals surface area (Å²) in [5, 5.41) is 19.1. The van der Waals surface area contributed by atoms with E-state index in [1.54, 1.807) is 18.2 Å². The summed E-state index contributed by atoms with van der Waals surface area (Å²) in [5.41, 5.74) is 0.775. The highest BCUT2D eigenvalue weighted by atomic mass is 19.3. The number of aliphatic hydroxyl groups is 1. The molecule has 8 heteroatoms. The lowest BCUT2D eigenvalue weighted by Crippen LogP contribution is -2.47. The third-order valence-corrected chi connectivity index (χ3v) is 5.54. The number of aromatic carboxylic acids is 1. The summed E-state index contributed by atoms with van der Waals surface area (Å²) in [7, 11) is 0. The second-order valence-corrected chi connectivity index (χ2v) is 7.58. The van der Waals surface area contributed by atoms with Gasteiger partial charge in [-0.25, -0.2) is 9.59 Å². The van der Waals surface area contributed by atoms with Gasteiger partial charge in [0, 0.05) is 24.6 Å². The Morgan fingerprint density at radius 3 is 2.48 bits per heavy atom. The number of cyclic esters (lactones) is 1. The molecule has 1 fully saturated rings. The van der Waals surface area contributed by atoms with E-state index in [4.69, 9.17) is 9.84 Å². The average molecular weight is 433 g/mol. The van der Waals surface area contributed by atoms with Crippen LogP contribution in [0.15, 0.2) is 54.6 Å². The molecule has 6 nitrogen and oxygen atoms in total. The number of carbonyl (C=O) groups is 2. The molecule has 2 aromatic rings. The highest BCUT2D eigenvalue weighted by Crippen LogP contribution is 2.34. The Morgan fingerprint density at radius 1 is 1.16 bits per heavy atom. The van der Waals surface area contributed by atoms with Crippen LogP contribution in [0.5, 0.6) is 0 Å². The molecule has 1 amide bonds. The van der Waals surface area contributed by atoms with Crippen molar-refractivity contribution >= 4 is 12.1 Å². The van der Waals surface area contributed by atoms with Crippen LogP contribution in [0.25, 0.3) is 0 Å². The zero-order valence-corrected chi connectivity index (χ0v) is 16.9. The molecular weight excluding hydrogens is 408 g/mol. The highest BCUT2D eigenvalue weighted by molar-refractivity contribution is 5.87. The fourth-order valence-corrected chi connectivity index (χ4v) is 3.69. The number of alkyl halides is 2. The Labute approximate surface area is 179 Å². The lowest BCUT2D eigenvalue weighted by molar-refractivity contribution is -0.120. The maximum Gasteiger partial charge on any atom is 0.410 e. The van der Waals surface area contributed by atoms with Crippen LogP contribution in [0.1, 0.15) is 40.7 Å². The third kappa shape index (κ3) is 5.58. The van der Waals surface area contributed by atoms with Crippen molar-refractivity contribution in [3.05, 3.63) is 71.3 Å².